The van der Waals surface area contributed by atoms with Crippen molar-refractivity contribution in [2.75, 3.05) is 7.11 Å². The van der Waals surface area contributed by atoms with E-state index in [-0.39, 0.29) is 23.8 Å². The van der Waals surface area contributed by atoms with E-state index in [4.69, 9.17) is 37.4 Å². The summed E-state index contributed by atoms with van der Waals surface area (Å²) in [6.45, 7) is 1.71. The monoisotopic (exact) mass is 722 g/mol. The number of carbonyl (C=O) groups excluding carboxylic acids is 2. The Bertz CT molecular complexity index is 1760. The Balaban J connectivity index is 1.44. The van der Waals surface area contributed by atoms with E-state index in [0.717, 1.165) is 11.1 Å². The van der Waals surface area contributed by atoms with Gasteiger partial charge in [0.1, 0.15) is 18.4 Å². The third kappa shape index (κ3) is 9.47. The molecule has 46 heavy (non-hydrogen) atoms. The first-order valence-corrected chi connectivity index (χ1v) is 15.5. The molecule has 0 radical (unpaired) electrons. The van der Waals surface area contributed by atoms with E-state index in [1.165, 1.54) is 19.4 Å². The maximum absolute atomic E-state index is 13.3. The van der Waals surface area contributed by atoms with Crippen molar-refractivity contribution in [1.82, 2.24) is 10.7 Å². The van der Waals surface area contributed by atoms with Gasteiger partial charge >= 0.3 is 0 Å². The summed E-state index contributed by atoms with van der Waals surface area (Å²) in [4.78, 5) is 26.3. The third-order valence-electron chi connectivity index (χ3n) is 6.63. The summed E-state index contributed by atoms with van der Waals surface area (Å²) in [7, 11) is 1.50. The minimum absolute atomic E-state index is 0.160. The molecule has 4 aromatic carbocycles. The zero-order chi connectivity index (χ0) is 33.1. The molecule has 0 unspecified atom stereocenters. The highest BCUT2D eigenvalue weighted by atomic mass is 79.9. The van der Waals surface area contributed by atoms with Crippen LogP contribution in [-0.4, -0.2) is 37.3 Å². The molecule has 4 rings (SSSR count). The van der Waals surface area contributed by atoms with Crippen LogP contribution in [0.2, 0.25) is 10.0 Å². The summed E-state index contributed by atoms with van der Waals surface area (Å²) >= 11 is 15.6. The molecule has 0 heterocycles. The number of ether oxygens (including phenoxy) is 3. The zero-order valence-electron chi connectivity index (χ0n) is 24.8. The van der Waals surface area contributed by atoms with Crippen molar-refractivity contribution in [2.24, 2.45) is 5.10 Å². The molecule has 0 fully saturated rings. The number of benzene rings is 4. The van der Waals surface area contributed by atoms with Gasteiger partial charge in [0.05, 0.1) is 34.5 Å². The normalized spacial score (nSPS) is 12.1. The van der Waals surface area contributed by atoms with E-state index in [1.54, 1.807) is 43.3 Å². The molecule has 0 aliphatic heterocycles. The lowest BCUT2D eigenvalue weighted by Crippen LogP contribution is -2.50. The van der Waals surface area contributed by atoms with Crippen LogP contribution in [0.5, 0.6) is 17.2 Å². The topological polar surface area (TPSA) is 122 Å². The van der Waals surface area contributed by atoms with E-state index < -0.39 is 24.0 Å². The number of rotatable bonds is 13. The van der Waals surface area contributed by atoms with Gasteiger partial charge in [0, 0.05) is 17.0 Å². The van der Waals surface area contributed by atoms with E-state index in [1.807, 2.05) is 42.5 Å². The highest BCUT2D eigenvalue weighted by Crippen LogP contribution is 2.37. The van der Waals surface area contributed by atoms with Crippen molar-refractivity contribution in [1.29, 1.82) is 5.26 Å². The first kappa shape index (κ1) is 34.3. The Kier molecular flexibility index (Phi) is 12.4. The second-order valence-electron chi connectivity index (χ2n) is 9.91. The molecule has 2 N–H and O–H groups in total. The lowest BCUT2D eigenvalue weighted by atomic mass is 10.1. The van der Waals surface area contributed by atoms with Gasteiger partial charge in [0.25, 0.3) is 11.8 Å². The van der Waals surface area contributed by atoms with Crippen molar-refractivity contribution in [3.63, 3.8) is 0 Å². The number of methoxy groups -OCH3 is 1. The van der Waals surface area contributed by atoms with E-state index >= 15 is 0 Å². The lowest BCUT2D eigenvalue weighted by molar-refractivity contribution is -0.132. The van der Waals surface area contributed by atoms with E-state index in [2.05, 4.69) is 37.8 Å². The SMILES string of the molecule is COc1cc(/C=N\NC(=O)[C@@H](Cc2ccccc2)NC(=O)[C@H](C)Oc2ccc(Cl)cc2Cl)cc(Br)c1OCc1ccccc1C#N. The van der Waals surface area contributed by atoms with Crippen molar-refractivity contribution in [3.05, 3.63) is 122 Å². The van der Waals surface area contributed by atoms with Crippen LogP contribution in [0.1, 0.15) is 29.2 Å². The summed E-state index contributed by atoms with van der Waals surface area (Å²) in [5.74, 6) is 0.0892. The molecule has 0 aromatic heterocycles. The molecule has 0 spiro atoms. The van der Waals surface area contributed by atoms with Crippen LogP contribution >= 0.6 is 39.1 Å². The summed E-state index contributed by atoms with van der Waals surface area (Å²) in [6, 6.07) is 25.7. The second-order valence-corrected chi connectivity index (χ2v) is 11.6. The number of nitrogens with one attached hydrogen (secondary N) is 2. The number of hydrazone groups is 1. The number of halogens is 3. The standard InChI is InChI=1S/C34H29BrCl2N4O5/c1-21(46-30-13-12-26(36)17-28(30)37)33(42)40-29(15-22-8-4-3-5-9-22)34(43)41-39-19-23-14-27(35)32(31(16-23)44-2)45-20-25-11-7-6-10-24(25)18-38/h3-14,16-17,19,21,29H,15,20H2,1-2H3,(H,40,42)(H,41,43)/b39-19-/t21-,29+/m0/s1. The number of hydrogen-bond donors (Lipinski definition) is 2. The Labute approximate surface area is 285 Å². The van der Waals surface area contributed by atoms with Gasteiger partial charge in [-0.1, -0.05) is 71.7 Å². The molecule has 0 saturated carbocycles. The molecule has 0 aliphatic rings. The maximum atomic E-state index is 13.3. The fourth-order valence-corrected chi connectivity index (χ4v) is 5.30. The molecule has 2 amide bonds. The van der Waals surface area contributed by atoms with Crippen LogP contribution in [-0.2, 0) is 22.6 Å². The lowest BCUT2D eigenvalue weighted by Gasteiger charge is -2.21. The number of nitrogens with zero attached hydrogens (tertiary/aromatic N) is 2. The van der Waals surface area contributed by atoms with E-state index in [0.29, 0.717) is 32.1 Å². The Morgan fingerprint density at radius 3 is 2.46 bits per heavy atom. The minimum Gasteiger partial charge on any atom is -0.493 e. The van der Waals surface area contributed by atoms with Gasteiger partial charge in [-0.05, 0) is 70.4 Å². The van der Waals surface area contributed by atoms with Crippen LogP contribution in [0.3, 0.4) is 0 Å². The third-order valence-corrected chi connectivity index (χ3v) is 7.75. The van der Waals surface area contributed by atoms with Gasteiger partial charge in [-0.2, -0.15) is 10.4 Å². The summed E-state index contributed by atoms with van der Waals surface area (Å²) in [5.41, 5.74) is 5.20. The highest BCUT2D eigenvalue weighted by molar-refractivity contribution is 9.10. The molecule has 236 valence electrons. The minimum atomic E-state index is -0.966. The molecular weight excluding hydrogens is 695 g/mol. The van der Waals surface area contributed by atoms with Gasteiger partial charge < -0.3 is 19.5 Å². The summed E-state index contributed by atoms with van der Waals surface area (Å²) in [5, 5.41) is 16.9. The van der Waals surface area contributed by atoms with Gasteiger partial charge in [-0.25, -0.2) is 5.43 Å². The molecule has 0 aliphatic carbocycles. The largest absolute Gasteiger partial charge is 0.493 e. The predicted octanol–water partition coefficient (Wildman–Crippen LogP) is 6.86. The Morgan fingerprint density at radius 1 is 1.00 bits per heavy atom. The first-order chi connectivity index (χ1) is 22.2. The first-order valence-electron chi connectivity index (χ1n) is 14.0. The average Bonchev–Trinajstić information content (AvgIpc) is 3.05. The smallest absolute Gasteiger partial charge is 0.262 e. The van der Waals surface area contributed by atoms with Crippen LogP contribution in [0.15, 0.2) is 94.5 Å². The van der Waals surface area contributed by atoms with Gasteiger partial charge in [0.2, 0.25) is 0 Å². The average molecular weight is 724 g/mol. The van der Waals surface area contributed by atoms with Crippen LogP contribution in [0.25, 0.3) is 0 Å². The molecule has 0 bridgehead atoms. The second kappa shape index (κ2) is 16.7. The van der Waals surface area contributed by atoms with Crippen molar-refractivity contribution in [2.45, 2.75) is 32.1 Å². The van der Waals surface area contributed by atoms with Crippen molar-refractivity contribution >= 4 is 57.2 Å². The quantitative estimate of drug-likeness (QED) is 0.115. The number of carbonyl (C=O) groups is 2. The Hall–Kier alpha value is -4.56. The van der Waals surface area contributed by atoms with Gasteiger partial charge in [0.15, 0.2) is 17.6 Å². The predicted molar refractivity (Wildman–Crippen MR) is 181 cm³/mol. The number of hydrogen-bond acceptors (Lipinski definition) is 7. The molecule has 0 saturated heterocycles. The number of amides is 2. The fraction of sp³-hybridized carbons (Fsp3) is 0.176. The highest BCUT2D eigenvalue weighted by Gasteiger charge is 2.25. The van der Waals surface area contributed by atoms with Crippen LogP contribution in [0, 0.1) is 11.3 Å². The molecular formula is C34H29BrCl2N4O5. The van der Waals surface area contributed by atoms with E-state index in [9.17, 15) is 14.9 Å². The van der Waals surface area contributed by atoms with Crippen molar-refractivity contribution < 1.29 is 23.8 Å². The Morgan fingerprint density at radius 2 is 1.74 bits per heavy atom. The molecule has 9 nitrogen and oxygen atoms in total. The van der Waals surface area contributed by atoms with Gasteiger partial charge in [-0.15, -0.1) is 0 Å². The fourth-order valence-electron chi connectivity index (χ4n) is 4.27. The zero-order valence-corrected chi connectivity index (χ0v) is 27.9. The van der Waals surface area contributed by atoms with Gasteiger partial charge in [-0.3, -0.25) is 9.59 Å². The van der Waals surface area contributed by atoms with Crippen molar-refractivity contribution in [3.8, 4) is 23.3 Å². The molecule has 12 heteroatoms. The van der Waals surface area contributed by atoms with Crippen LogP contribution < -0.4 is 25.0 Å². The summed E-state index contributed by atoms with van der Waals surface area (Å²) < 4.78 is 17.8. The molecule has 2 atom stereocenters. The maximum Gasteiger partial charge on any atom is 0.262 e. The summed E-state index contributed by atoms with van der Waals surface area (Å²) in [6.07, 6.45) is 0.686. The van der Waals surface area contributed by atoms with Crippen LogP contribution in [0.4, 0.5) is 0 Å². The number of nitriles is 1. The molecule has 4 aromatic rings.